The zero-order valence-electron chi connectivity index (χ0n) is 12.9. The quantitative estimate of drug-likeness (QED) is 0.810. The summed E-state index contributed by atoms with van der Waals surface area (Å²) >= 11 is 0. The molecule has 2 rings (SSSR count). The largest absolute Gasteiger partial charge is 0.308 e. The van der Waals surface area contributed by atoms with Gasteiger partial charge in [-0.1, -0.05) is 6.92 Å². The topological polar surface area (TPSA) is 32.3 Å². The molecule has 1 heterocycles. The molecular formula is C15H30N2OS. The second-order valence-corrected chi connectivity index (χ2v) is 8.28. The van der Waals surface area contributed by atoms with Crippen molar-refractivity contribution in [2.24, 2.45) is 5.92 Å². The normalized spacial score (nSPS) is 36.1. The number of hydrogen-bond donors (Lipinski definition) is 1. The van der Waals surface area contributed by atoms with Gasteiger partial charge in [-0.05, 0) is 45.4 Å². The lowest BCUT2D eigenvalue weighted by Crippen LogP contribution is -2.65. The van der Waals surface area contributed by atoms with Gasteiger partial charge in [0, 0.05) is 53.5 Å². The van der Waals surface area contributed by atoms with Crippen LogP contribution in [0.25, 0.3) is 0 Å². The minimum atomic E-state index is -0.662. The number of nitrogens with one attached hydrogen (secondary N) is 1. The van der Waals surface area contributed by atoms with Crippen molar-refractivity contribution in [3.05, 3.63) is 0 Å². The third-order valence-corrected chi connectivity index (χ3v) is 5.87. The summed E-state index contributed by atoms with van der Waals surface area (Å²) in [6, 6.07) is 1.20. The van der Waals surface area contributed by atoms with Crippen LogP contribution in [0.1, 0.15) is 46.5 Å². The van der Waals surface area contributed by atoms with Gasteiger partial charge >= 0.3 is 0 Å². The summed E-state index contributed by atoms with van der Waals surface area (Å²) in [5.41, 5.74) is 0.311. The van der Waals surface area contributed by atoms with Crippen LogP contribution in [-0.4, -0.2) is 51.8 Å². The van der Waals surface area contributed by atoms with Crippen molar-refractivity contribution >= 4 is 10.8 Å². The van der Waals surface area contributed by atoms with Crippen LogP contribution in [0.2, 0.25) is 0 Å². The van der Waals surface area contributed by atoms with E-state index in [2.05, 4.69) is 31.0 Å². The van der Waals surface area contributed by atoms with Crippen LogP contribution in [0.4, 0.5) is 0 Å². The van der Waals surface area contributed by atoms with Crippen LogP contribution < -0.4 is 5.32 Å². The molecule has 4 heteroatoms. The van der Waals surface area contributed by atoms with Crippen molar-refractivity contribution in [3.8, 4) is 0 Å². The van der Waals surface area contributed by atoms with Crippen molar-refractivity contribution in [3.63, 3.8) is 0 Å². The summed E-state index contributed by atoms with van der Waals surface area (Å²) in [5.74, 6) is 1.71. The number of hydrogen-bond acceptors (Lipinski definition) is 3. The lowest BCUT2D eigenvalue weighted by molar-refractivity contribution is 0.0414. The Hall–Kier alpha value is 0.0700. The molecule has 1 N–H and O–H groups in total. The second-order valence-electron chi connectivity index (χ2n) is 6.72. The predicted molar refractivity (Wildman–Crippen MR) is 82.9 cm³/mol. The number of piperazine rings is 1. The van der Waals surface area contributed by atoms with E-state index in [1.165, 1.54) is 19.3 Å². The van der Waals surface area contributed by atoms with Gasteiger partial charge in [0.15, 0.2) is 0 Å². The molecule has 0 aromatic rings. The molecule has 0 amide bonds. The van der Waals surface area contributed by atoms with Crippen molar-refractivity contribution < 1.29 is 4.21 Å². The maximum atomic E-state index is 11.3. The van der Waals surface area contributed by atoms with Crippen LogP contribution in [-0.2, 0) is 10.8 Å². The van der Waals surface area contributed by atoms with E-state index in [4.69, 9.17) is 0 Å². The summed E-state index contributed by atoms with van der Waals surface area (Å²) in [7, 11) is -0.662. The molecule has 1 saturated carbocycles. The van der Waals surface area contributed by atoms with Crippen molar-refractivity contribution in [1.82, 2.24) is 10.2 Å². The van der Waals surface area contributed by atoms with E-state index in [0.29, 0.717) is 17.6 Å². The summed E-state index contributed by atoms with van der Waals surface area (Å²) in [4.78, 5) is 2.68. The maximum absolute atomic E-state index is 11.3. The molecule has 4 unspecified atom stereocenters. The third-order valence-electron chi connectivity index (χ3n) is 5.06. The van der Waals surface area contributed by atoms with E-state index in [1.807, 2.05) is 6.26 Å². The zero-order chi connectivity index (χ0) is 14.0. The lowest BCUT2D eigenvalue weighted by Gasteiger charge is -2.49. The molecular weight excluding hydrogens is 256 g/mol. The van der Waals surface area contributed by atoms with Gasteiger partial charge in [0.05, 0.1) is 0 Å². The number of rotatable bonds is 6. The van der Waals surface area contributed by atoms with Gasteiger partial charge in [0.1, 0.15) is 0 Å². The lowest BCUT2D eigenvalue weighted by atomic mass is 9.89. The molecule has 112 valence electrons. The van der Waals surface area contributed by atoms with Crippen molar-refractivity contribution in [1.29, 1.82) is 0 Å². The Morgan fingerprint density at radius 3 is 2.68 bits per heavy atom. The minimum absolute atomic E-state index is 0.311. The van der Waals surface area contributed by atoms with Gasteiger partial charge in [0.25, 0.3) is 0 Å². The van der Waals surface area contributed by atoms with Crippen molar-refractivity contribution in [2.45, 2.75) is 64.1 Å². The highest BCUT2D eigenvalue weighted by atomic mass is 32.2. The standard InChI is InChI=1S/C15H30N2OS/c1-5-14-10-16-15(3,13-6-7-13)11-17(14)12(2)8-9-19(4)18/h12-14,16H,5-11H2,1-4H3. The molecule has 0 aromatic carbocycles. The van der Waals surface area contributed by atoms with E-state index >= 15 is 0 Å². The van der Waals surface area contributed by atoms with E-state index in [1.54, 1.807) is 0 Å². The first-order valence-electron chi connectivity index (χ1n) is 7.77. The number of nitrogens with zero attached hydrogens (tertiary/aromatic N) is 1. The minimum Gasteiger partial charge on any atom is -0.308 e. The molecule has 1 aliphatic heterocycles. The summed E-state index contributed by atoms with van der Waals surface area (Å²) in [6.07, 6.45) is 6.85. The fourth-order valence-electron chi connectivity index (χ4n) is 3.42. The third kappa shape index (κ3) is 3.79. The Morgan fingerprint density at radius 2 is 2.16 bits per heavy atom. The first kappa shape index (κ1) is 15.5. The van der Waals surface area contributed by atoms with Crippen LogP contribution in [0.5, 0.6) is 0 Å². The summed E-state index contributed by atoms with van der Waals surface area (Å²) < 4.78 is 11.3. The van der Waals surface area contributed by atoms with Gasteiger partial charge in [-0.15, -0.1) is 0 Å². The predicted octanol–water partition coefficient (Wildman–Crippen LogP) is 2.00. The molecule has 1 saturated heterocycles. The van der Waals surface area contributed by atoms with Crippen LogP contribution in [0.15, 0.2) is 0 Å². The van der Waals surface area contributed by atoms with Gasteiger partial charge in [0.2, 0.25) is 0 Å². The second kappa shape index (κ2) is 6.23. The van der Waals surface area contributed by atoms with Crippen LogP contribution >= 0.6 is 0 Å². The molecule has 19 heavy (non-hydrogen) atoms. The molecule has 2 aliphatic rings. The Balaban J connectivity index is 1.98. The molecule has 0 aromatic heterocycles. The Labute approximate surface area is 121 Å². The Bertz CT molecular complexity index is 332. The summed E-state index contributed by atoms with van der Waals surface area (Å²) in [6.45, 7) is 9.27. The maximum Gasteiger partial charge on any atom is 0.0309 e. The zero-order valence-corrected chi connectivity index (χ0v) is 13.8. The first-order valence-corrected chi connectivity index (χ1v) is 9.49. The average molecular weight is 286 g/mol. The molecule has 2 fully saturated rings. The van der Waals surface area contributed by atoms with E-state index in [-0.39, 0.29) is 0 Å². The highest BCUT2D eigenvalue weighted by molar-refractivity contribution is 7.84. The molecule has 0 bridgehead atoms. The Kier molecular flexibility index (Phi) is 5.07. The first-order chi connectivity index (χ1) is 8.96. The molecule has 3 nitrogen and oxygen atoms in total. The van der Waals surface area contributed by atoms with Gasteiger partial charge in [-0.2, -0.15) is 0 Å². The van der Waals surface area contributed by atoms with Gasteiger partial charge < -0.3 is 5.32 Å². The van der Waals surface area contributed by atoms with E-state index in [0.717, 1.165) is 31.2 Å². The Morgan fingerprint density at radius 1 is 1.47 bits per heavy atom. The summed E-state index contributed by atoms with van der Waals surface area (Å²) in [5, 5.41) is 3.81. The fourth-order valence-corrected chi connectivity index (χ4v) is 4.10. The molecule has 1 aliphatic carbocycles. The smallest absolute Gasteiger partial charge is 0.0309 e. The molecule has 0 spiro atoms. The molecule has 4 atom stereocenters. The van der Waals surface area contributed by atoms with E-state index in [9.17, 15) is 4.21 Å². The highest BCUT2D eigenvalue weighted by Crippen LogP contribution is 2.41. The fraction of sp³-hybridized carbons (Fsp3) is 1.00. The van der Waals surface area contributed by atoms with Crippen LogP contribution in [0, 0.1) is 5.92 Å². The van der Waals surface area contributed by atoms with Crippen molar-refractivity contribution in [2.75, 3.05) is 25.1 Å². The van der Waals surface area contributed by atoms with Gasteiger partial charge in [-0.25, -0.2) is 0 Å². The SMILES string of the molecule is CCC1CNC(C)(C2CC2)CN1C(C)CCS(C)=O. The molecule has 0 radical (unpaired) electrons. The monoisotopic (exact) mass is 286 g/mol. The van der Waals surface area contributed by atoms with Crippen LogP contribution in [0.3, 0.4) is 0 Å². The average Bonchev–Trinajstić information content (AvgIpc) is 3.20. The highest BCUT2D eigenvalue weighted by Gasteiger charge is 2.46. The van der Waals surface area contributed by atoms with E-state index < -0.39 is 10.8 Å². The van der Waals surface area contributed by atoms with Gasteiger partial charge in [-0.3, -0.25) is 9.11 Å².